The zero-order valence-corrected chi connectivity index (χ0v) is 13.8. The van der Waals surface area contributed by atoms with E-state index >= 15 is 0 Å². The fourth-order valence-corrected chi connectivity index (χ4v) is 5.26. The third kappa shape index (κ3) is 2.44. The van der Waals surface area contributed by atoms with Gasteiger partial charge in [0.2, 0.25) is 0 Å². The number of nitrogens with zero attached hydrogens (tertiary/aromatic N) is 1. The number of hydrogen-bond donors (Lipinski definition) is 1. The molecule has 2 fully saturated rings. The second-order valence-corrected chi connectivity index (χ2v) is 7.63. The highest BCUT2D eigenvalue weighted by molar-refractivity contribution is 7.10. The van der Waals surface area contributed by atoms with Gasteiger partial charge in [0.25, 0.3) is 0 Å². The van der Waals surface area contributed by atoms with Crippen molar-refractivity contribution in [2.24, 2.45) is 0 Å². The van der Waals surface area contributed by atoms with Crippen molar-refractivity contribution in [1.29, 1.82) is 0 Å². The molecule has 1 unspecified atom stereocenters. The number of thiophene rings is 1. The summed E-state index contributed by atoms with van der Waals surface area (Å²) in [5.74, 6) is 0. The third-order valence-electron chi connectivity index (χ3n) is 5.49. The first-order chi connectivity index (χ1) is 9.78. The SMILES string of the molecule is CNC(c1ccsc1C)C1(N2CCCCC2)CCCC1. The Morgan fingerprint density at radius 1 is 1.15 bits per heavy atom. The van der Waals surface area contributed by atoms with Crippen molar-refractivity contribution >= 4 is 11.3 Å². The lowest BCUT2D eigenvalue weighted by molar-refractivity contribution is 0.0383. The molecule has 2 aliphatic rings. The van der Waals surface area contributed by atoms with Crippen molar-refractivity contribution in [2.45, 2.75) is 63.5 Å². The summed E-state index contributed by atoms with van der Waals surface area (Å²) in [6.45, 7) is 4.89. The smallest absolute Gasteiger partial charge is 0.0515 e. The zero-order chi connectivity index (χ0) is 14.0. The highest BCUT2D eigenvalue weighted by Gasteiger charge is 2.46. The number of aryl methyl sites for hydroxylation is 1. The highest BCUT2D eigenvalue weighted by Crippen LogP contribution is 2.46. The lowest BCUT2D eigenvalue weighted by Crippen LogP contribution is -2.56. The molecule has 2 nitrogen and oxygen atoms in total. The van der Waals surface area contributed by atoms with Gasteiger partial charge in [0.1, 0.15) is 0 Å². The van der Waals surface area contributed by atoms with Crippen LogP contribution in [0.2, 0.25) is 0 Å². The second kappa shape index (κ2) is 6.17. The summed E-state index contributed by atoms with van der Waals surface area (Å²) in [7, 11) is 2.16. The maximum absolute atomic E-state index is 3.69. The largest absolute Gasteiger partial charge is 0.311 e. The molecule has 3 rings (SSSR count). The van der Waals surface area contributed by atoms with Crippen LogP contribution in [0.25, 0.3) is 0 Å². The minimum atomic E-state index is 0.376. The maximum Gasteiger partial charge on any atom is 0.0515 e. The van der Waals surface area contributed by atoms with Crippen LogP contribution in [-0.4, -0.2) is 30.6 Å². The Morgan fingerprint density at radius 3 is 2.40 bits per heavy atom. The highest BCUT2D eigenvalue weighted by atomic mass is 32.1. The molecule has 112 valence electrons. The Bertz CT molecular complexity index is 428. The van der Waals surface area contributed by atoms with Gasteiger partial charge in [0.05, 0.1) is 6.04 Å². The van der Waals surface area contributed by atoms with Gasteiger partial charge in [-0.25, -0.2) is 0 Å². The van der Waals surface area contributed by atoms with Gasteiger partial charge in [-0.15, -0.1) is 11.3 Å². The molecule has 0 spiro atoms. The zero-order valence-electron chi connectivity index (χ0n) is 13.0. The lowest BCUT2D eigenvalue weighted by atomic mass is 9.81. The Morgan fingerprint density at radius 2 is 1.85 bits per heavy atom. The summed E-state index contributed by atoms with van der Waals surface area (Å²) in [5.41, 5.74) is 1.92. The molecule has 0 bridgehead atoms. The summed E-state index contributed by atoms with van der Waals surface area (Å²) in [6, 6.07) is 2.86. The average molecular weight is 292 g/mol. The van der Waals surface area contributed by atoms with Crippen molar-refractivity contribution in [3.63, 3.8) is 0 Å². The number of likely N-dealkylation sites (tertiary alicyclic amines) is 1. The van der Waals surface area contributed by atoms with Gasteiger partial charge in [0.15, 0.2) is 0 Å². The van der Waals surface area contributed by atoms with Crippen LogP contribution in [0.1, 0.15) is 61.4 Å². The summed E-state index contributed by atoms with van der Waals surface area (Å²) in [5, 5.41) is 5.95. The van der Waals surface area contributed by atoms with E-state index in [-0.39, 0.29) is 0 Å². The van der Waals surface area contributed by atoms with Crippen molar-refractivity contribution in [1.82, 2.24) is 10.2 Å². The summed E-state index contributed by atoms with van der Waals surface area (Å²) in [4.78, 5) is 4.33. The molecule has 1 saturated heterocycles. The van der Waals surface area contributed by atoms with E-state index in [0.29, 0.717) is 11.6 Å². The van der Waals surface area contributed by atoms with Gasteiger partial charge >= 0.3 is 0 Å². The molecule has 1 N–H and O–H groups in total. The molecule has 1 saturated carbocycles. The summed E-state index contributed by atoms with van der Waals surface area (Å²) < 4.78 is 0. The predicted molar refractivity (Wildman–Crippen MR) is 87.5 cm³/mol. The minimum absolute atomic E-state index is 0.376. The molecule has 0 amide bonds. The first-order valence-corrected chi connectivity index (χ1v) is 9.12. The van der Waals surface area contributed by atoms with Gasteiger partial charge in [0, 0.05) is 10.4 Å². The average Bonchev–Trinajstić information content (AvgIpc) is 3.12. The van der Waals surface area contributed by atoms with Gasteiger partial charge in [-0.1, -0.05) is 19.3 Å². The van der Waals surface area contributed by atoms with Crippen LogP contribution in [0.5, 0.6) is 0 Å². The molecule has 1 aromatic heterocycles. The monoisotopic (exact) mass is 292 g/mol. The van der Waals surface area contributed by atoms with E-state index in [1.807, 2.05) is 11.3 Å². The second-order valence-electron chi connectivity index (χ2n) is 6.51. The quantitative estimate of drug-likeness (QED) is 0.898. The molecule has 0 radical (unpaired) electrons. The number of likely N-dealkylation sites (N-methyl/N-ethyl adjacent to an activating group) is 1. The van der Waals surface area contributed by atoms with E-state index in [1.54, 1.807) is 5.56 Å². The Hall–Kier alpha value is -0.380. The molecule has 1 aliphatic carbocycles. The molecule has 0 aromatic carbocycles. The number of piperidine rings is 1. The molecular weight excluding hydrogens is 264 g/mol. The molecule has 1 aromatic rings. The fourth-order valence-electron chi connectivity index (χ4n) is 4.52. The molecule has 1 aliphatic heterocycles. The number of hydrogen-bond acceptors (Lipinski definition) is 3. The fraction of sp³-hybridized carbons (Fsp3) is 0.765. The van der Waals surface area contributed by atoms with Crippen molar-refractivity contribution in [3.05, 3.63) is 21.9 Å². The van der Waals surface area contributed by atoms with Gasteiger partial charge in [-0.2, -0.15) is 0 Å². The van der Waals surface area contributed by atoms with E-state index in [2.05, 4.69) is 35.6 Å². The van der Waals surface area contributed by atoms with E-state index in [1.165, 1.54) is 62.9 Å². The molecule has 3 heteroatoms. The van der Waals surface area contributed by atoms with Crippen LogP contribution in [-0.2, 0) is 0 Å². The topological polar surface area (TPSA) is 15.3 Å². The van der Waals surface area contributed by atoms with Crippen molar-refractivity contribution in [2.75, 3.05) is 20.1 Å². The van der Waals surface area contributed by atoms with Gasteiger partial charge in [-0.05, 0) is 69.8 Å². The Labute approximate surface area is 127 Å². The van der Waals surface area contributed by atoms with Crippen LogP contribution in [0.15, 0.2) is 11.4 Å². The molecule has 1 atom stereocenters. The Balaban J connectivity index is 1.93. The van der Waals surface area contributed by atoms with Gasteiger partial charge < -0.3 is 5.32 Å². The summed E-state index contributed by atoms with van der Waals surface area (Å²) in [6.07, 6.45) is 9.74. The number of rotatable bonds is 4. The third-order valence-corrected chi connectivity index (χ3v) is 6.35. The first kappa shape index (κ1) is 14.6. The van der Waals surface area contributed by atoms with Crippen LogP contribution < -0.4 is 5.32 Å². The predicted octanol–water partition coefficient (Wildman–Crippen LogP) is 4.12. The standard InChI is InChI=1S/C17H28N2S/c1-14-15(8-13-20-14)16(18-2)17(9-4-5-10-17)19-11-6-3-7-12-19/h8,13,16,18H,3-7,9-12H2,1-2H3. The number of nitrogens with one attached hydrogen (secondary N) is 1. The first-order valence-electron chi connectivity index (χ1n) is 8.24. The maximum atomic E-state index is 3.69. The summed E-state index contributed by atoms with van der Waals surface area (Å²) >= 11 is 1.89. The molecule has 2 heterocycles. The van der Waals surface area contributed by atoms with Crippen LogP contribution >= 0.6 is 11.3 Å². The van der Waals surface area contributed by atoms with E-state index in [4.69, 9.17) is 0 Å². The minimum Gasteiger partial charge on any atom is -0.311 e. The van der Waals surface area contributed by atoms with Crippen LogP contribution in [0, 0.1) is 6.92 Å². The van der Waals surface area contributed by atoms with E-state index in [0.717, 1.165) is 0 Å². The normalized spacial score (nSPS) is 24.9. The van der Waals surface area contributed by atoms with Crippen molar-refractivity contribution < 1.29 is 0 Å². The van der Waals surface area contributed by atoms with Crippen molar-refractivity contribution in [3.8, 4) is 0 Å². The Kier molecular flexibility index (Phi) is 4.49. The molecule has 20 heavy (non-hydrogen) atoms. The lowest BCUT2D eigenvalue weighted by Gasteiger charge is -2.48. The van der Waals surface area contributed by atoms with Gasteiger partial charge in [-0.3, -0.25) is 4.90 Å². The van der Waals surface area contributed by atoms with E-state index in [9.17, 15) is 0 Å². The van der Waals surface area contributed by atoms with Crippen LogP contribution in [0.4, 0.5) is 0 Å². The van der Waals surface area contributed by atoms with E-state index < -0.39 is 0 Å². The molecular formula is C17H28N2S. The van der Waals surface area contributed by atoms with Crippen LogP contribution in [0.3, 0.4) is 0 Å².